The van der Waals surface area contributed by atoms with E-state index in [2.05, 4.69) is 10.6 Å². The highest BCUT2D eigenvalue weighted by Crippen LogP contribution is 2.38. The largest absolute Gasteiger partial charge is 0.336 e. The van der Waals surface area contributed by atoms with Gasteiger partial charge in [0.1, 0.15) is 0 Å². The first-order valence-corrected chi connectivity index (χ1v) is 9.28. The molecule has 2 saturated heterocycles. The number of carbonyl (C=O) groups excluding carboxylic acids is 2. The van der Waals surface area contributed by atoms with Crippen molar-refractivity contribution in [3.05, 3.63) is 0 Å². The van der Waals surface area contributed by atoms with Crippen molar-refractivity contribution in [1.82, 2.24) is 20.4 Å². The number of fused-ring (bicyclic) bond motifs is 1. The Balaban J connectivity index is 1.40. The number of nitrogens with two attached hydrogens (primary N) is 1. The third-order valence-electron chi connectivity index (χ3n) is 5.61. The summed E-state index contributed by atoms with van der Waals surface area (Å²) in [6, 6.07) is 0.621. The van der Waals surface area contributed by atoms with Gasteiger partial charge in [0.05, 0.1) is 12.7 Å². The van der Waals surface area contributed by atoms with E-state index in [9.17, 15) is 9.59 Å². The second-order valence-electron chi connectivity index (χ2n) is 7.88. The molecule has 4 atom stereocenters. The molecule has 2 heterocycles. The van der Waals surface area contributed by atoms with E-state index in [4.69, 9.17) is 5.73 Å². The summed E-state index contributed by atoms with van der Waals surface area (Å²) >= 11 is 0. The first-order valence-electron chi connectivity index (χ1n) is 9.28. The summed E-state index contributed by atoms with van der Waals surface area (Å²) < 4.78 is 0. The molecule has 1 saturated carbocycles. The SMILES string of the molecule is CC(C)NC(=O)N1C[C@H]2C[C@@H](NCC(=O)N3CCCC3N)C[C@H]2C1. The molecule has 136 valence electrons. The molecule has 2 aliphatic heterocycles. The topological polar surface area (TPSA) is 90.7 Å². The minimum Gasteiger partial charge on any atom is -0.336 e. The molecule has 24 heavy (non-hydrogen) atoms. The van der Waals surface area contributed by atoms with Crippen LogP contribution in [-0.4, -0.2) is 66.2 Å². The predicted octanol–water partition coefficient (Wildman–Crippen LogP) is 0.312. The molecule has 3 fully saturated rings. The maximum Gasteiger partial charge on any atom is 0.317 e. The van der Waals surface area contributed by atoms with Crippen LogP contribution in [0.3, 0.4) is 0 Å². The Morgan fingerprint density at radius 1 is 1.21 bits per heavy atom. The Hall–Kier alpha value is -1.34. The van der Waals surface area contributed by atoms with E-state index in [1.165, 1.54) is 0 Å². The lowest BCUT2D eigenvalue weighted by Crippen LogP contribution is -2.46. The number of nitrogens with one attached hydrogen (secondary N) is 2. The summed E-state index contributed by atoms with van der Waals surface area (Å²) in [5.41, 5.74) is 5.95. The van der Waals surface area contributed by atoms with E-state index < -0.39 is 0 Å². The minimum absolute atomic E-state index is 0.0575. The fraction of sp³-hybridized carbons (Fsp3) is 0.882. The van der Waals surface area contributed by atoms with Crippen LogP contribution < -0.4 is 16.4 Å². The van der Waals surface area contributed by atoms with Gasteiger partial charge in [-0.25, -0.2) is 4.79 Å². The summed E-state index contributed by atoms with van der Waals surface area (Å²) in [7, 11) is 0. The number of nitrogens with zero attached hydrogens (tertiary/aromatic N) is 2. The zero-order chi connectivity index (χ0) is 17.3. The van der Waals surface area contributed by atoms with Crippen molar-refractivity contribution in [3.63, 3.8) is 0 Å². The molecule has 3 amide bonds. The predicted molar refractivity (Wildman–Crippen MR) is 92.2 cm³/mol. The highest BCUT2D eigenvalue weighted by Gasteiger charge is 2.42. The van der Waals surface area contributed by atoms with Crippen molar-refractivity contribution >= 4 is 11.9 Å². The molecule has 0 aromatic carbocycles. The smallest absolute Gasteiger partial charge is 0.317 e. The third kappa shape index (κ3) is 3.83. The fourth-order valence-corrected chi connectivity index (χ4v) is 4.41. The van der Waals surface area contributed by atoms with E-state index >= 15 is 0 Å². The van der Waals surface area contributed by atoms with Crippen LogP contribution in [0.25, 0.3) is 0 Å². The van der Waals surface area contributed by atoms with Gasteiger partial charge in [0.15, 0.2) is 0 Å². The first-order chi connectivity index (χ1) is 11.4. The van der Waals surface area contributed by atoms with Gasteiger partial charge in [0.2, 0.25) is 5.91 Å². The molecule has 1 unspecified atom stereocenters. The Kier molecular flexibility index (Phi) is 5.30. The molecule has 0 aromatic rings. The first kappa shape index (κ1) is 17.5. The van der Waals surface area contributed by atoms with Gasteiger partial charge in [-0.1, -0.05) is 0 Å². The number of hydrogen-bond donors (Lipinski definition) is 3. The number of likely N-dealkylation sites (tertiary alicyclic amines) is 2. The highest BCUT2D eigenvalue weighted by atomic mass is 16.2. The zero-order valence-corrected chi connectivity index (χ0v) is 14.8. The number of rotatable bonds is 4. The van der Waals surface area contributed by atoms with E-state index in [0.29, 0.717) is 24.4 Å². The van der Waals surface area contributed by atoms with Crippen LogP contribution >= 0.6 is 0 Å². The molecule has 0 spiro atoms. The monoisotopic (exact) mass is 337 g/mol. The molecule has 4 N–H and O–H groups in total. The van der Waals surface area contributed by atoms with Gasteiger partial charge in [-0.2, -0.15) is 0 Å². The Morgan fingerprint density at radius 3 is 2.42 bits per heavy atom. The molecule has 7 heteroatoms. The van der Waals surface area contributed by atoms with Crippen molar-refractivity contribution < 1.29 is 9.59 Å². The molecule has 1 aliphatic carbocycles. The number of urea groups is 1. The molecule has 7 nitrogen and oxygen atoms in total. The number of carbonyl (C=O) groups is 2. The lowest BCUT2D eigenvalue weighted by molar-refractivity contribution is -0.131. The van der Waals surface area contributed by atoms with E-state index in [0.717, 1.165) is 45.3 Å². The molecule has 3 rings (SSSR count). The maximum atomic E-state index is 12.2. The van der Waals surface area contributed by atoms with Crippen LogP contribution in [0.4, 0.5) is 4.79 Å². The second kappa shape index (κ2) is 7.27. The van der Waals surface area contributed by atoms with Crippen LogP contribution in [0, 0.1) is 11.8 Å². The number of amides is 3. The van der Waals surface area contributed by atoms with Gasteiger partial charge < -0.3 is 26.2 Å². The van der Waals surface area contributed by atoms with Crippen LogP contribution in [0.15, 0.2) is 0 Å². The number of hydrogen-bond acceptors (Lipinski definition) is 4. The lowest BCUT2D eigenvalue weighted by Gasteiger charge is -2.24. The minimum atomic E-state index is -0.102. The molecule has 0 radical (unpaired) electrons. The summed E-state index contributed by atoms with van der Waals surface area (Å²) in [6.07, 6.45) is 3.92. The summed E-state index contributed by atoms with van der Waals surface area (Å²) in [5, 5.41) is 6.39. The van der Waals surface area contributed by atoms with Crippen molar-refractivity contribution in [1.29, 1.82) is 0 Å². The summed E-state index contributed by atoms with van der Waals surface area (Å²) in [5.74, 6) is 1.24. The average molecular weight is 337 g/mol. The van der Waals surface area contributed by atoms with Crippen LogP contribution in [0.1, 0.15) is 39.5 Å². The fourth-order valence-electron chi connectivity index (χ4n) is 4.41. The maximum absolute atomic E-state index is 12.2. The third-order valence-corrected chi connectivity index (χ3v) is 5.61. The van der Waals surface area contributed by atoms with Gasteiger partial charge in [0.25, 0.3) is 0 Å². The lowest BCUT2D eigenvalue weighted by atomic mass is 10.0. The van der Waals surface area contributed by atoms with Gasteiger partial charge in [-0.05, 0) is 51.4 Å². The van der Waals surface area contributed by atoms with Crippen molar-refractivity contribution in [2.24, 2.45) is 17.6 Å². The average Bonchev–Trinajstić information content (AvgIpc) is 3.17. The van der Waals surface area contributed by atoms with Crippen LogP contribution in [-0.2, 0) is 4.79 Å². The Bertz CT molecular complexity index is 470. The second-order valence-corrected chi connectivity index (χ2v) is 7.88. The summed E-state index contributed by atoms with van der Waals surface area (Å²) in [4.78, 5) is 28.1. The van der Waals surface area contributed by atoms with Crippen LogP contribution in [0.2, 0.25) is 0 Å². The van der Waals surface area contributed by atoms with Gasteiger partial charge in [-0.15, -0.1) is 0 Å². The van der Waals surface area contributed by atoms with Crippen molar-refractivity contribution in [2.45, 2.75) is 57.8 Å². The Morgan fingerprint density at radius 2 is 1.88 bits per heavy atom. The van der Waals surface area contributed by atoms with Gasteiger partial charge >= 0.3 is 6.03 Å². The molecular formula is C17H31N5O2. The Labute approximate surface area is 144 Å². The van der Waals surface area contributed by atoms with Crippen molar-refractivity contribution in [3.8, 4) is 0 Å². The van der Waals surface area contributed by atoms with E-state index in [1.807, 2.05) is 18.7 Å². The van der Waals surface area contributed by atoms with E-state index in [1.54, 1.807) is 4.90 Å². The standard InChI is InChI=1S/C17H31N5O2/c1-11(2)20-17(24)21-9-12-6-14(7-13(12)10-21)19-8-16(23)22-5-3-4-15(22)18/h11-15,19H,3-10,18H2,1-2H3,(H,20,24)/t12-,13+,14-,15?. The zero-order valence-electron chi connectivity index (χ0n) is 14.8. The molecule has 3 aliphatic rings. The normalized spacial score (nSPS) is 32.5. The highest BCUT2D eigenvalue weighted by molar-refractivity contribution is 5.78. The van der Waals surface area contributed by atoms with Crippen LogP contribution in [0.5, 0.6) is 0 Å². The quantitative estimate of drug-likeness (QED) is 0.689. The van der Waals surface area contributed by atoms with E-state index in [-0.39, 0.29) is 24.1 Å². The molecule has 0 bridgehead atoms. The van der Waals surface area contributed by atoms with Gasteiger partial charge in [0, 0.05) is 31.7 Å². The summed E-state index contributed by atoms with van der Waals surface area (Å²) in [6.45, 7) is 6.82. The van der Waals surface area contributed by atoms with Gasteiger partial charge in [-0.3, -0.25) is 4.79 Å². The molecular weight excluding hydrogens is 306 g/mol. The molecule has 0 aromatic heterocycles. The van der Waals surface area contributed by atoms with Crippen molar-refractivity contribution in [2.75, 3.05) is 26.2 Å².